The summed E-state index contributed by atoms with van der Waals surface area (Å²) in [6, 6.07) is 0.0600. The summed E-state index contributed by atoms with van der Waals surface area (Å²) in [6.07, 6.45) is 5.44. The van der Waals surface area contributed by atoms with Crippen LogP contribution in [0.3, 0.4) is 0 Å². The van der Waals surface area contributed by atoms with Crippen molar-refractivity contribution in [2.24, 2.45) is 0 Å². The lowest BCUT2D eigenvalue weighted by atomic mass is 9.84. The van der Waals surface area contributed by atoms with Crippen molar-refractivity contribution in [3.8, 4) is 0 Å². The number of nitrogens with zero attached hydrogens (tertiary/aromatic N) is 3. The number of ether oxygens (including phenoxy) is 1. The maximum absolute atomic E-state index is 11.4. The molecule has 3 rings (SSSR count). The first kappa shape index (κ1) is 13.3. The predicted molar refractivity (Wildman–Crippen MR) is 74.5 cm³/mol. The molecule has 2 fully saturated rings. The van der Waals surface area contributed by atoms with Crippen molar-refractivity contribution in [2.45, 2.75) is 38.3 Å². The van der Waals surface area contributed by atoms with E-state index < -0.39 is 0 Å². The standard InChI is InChI=1S/C14H20N4O2/c1-10-7-15-13(16-8-10)18-5-3-14(4-6-18)11(2)17-12(19)9-20-14/h7-8,11H,3-6,9H2,1-2H3,(H,17,19)/t11-/m1/s1. The van der Waals surface area contributed by atoms with Crippen molar-refractivity contribution in [1.82, 2.24) is 15.3 Å². The number of carbonyl (C=O) groups is 1. The Morgan fingerprint density at radius 1 is 1.35 bits per heavy atom. The van der Waals surface area contributed by atoms with Crippen LogP contribution in [-0.4, -0.2) is 47.2 Å². The Morgan fingerprint density at radius 2 is 2.00 bits per heavy atom. The highest BCUT2D eigenvalue weighted by atomic mass is 16.5. The van der Waals surface area contributed by atoms with Gasteiger partial charge in [0.1, 0.15) is 6.61 Å². The topological polar surface area (TPSA) is 67.4 Å². The molecule has 1 atom stereocenters. The van der Waals surface area contributed by atoms with Gasteiger partial charge in [-0.25, -0.2) is 9.97 Å². The number of hydrogen-bond donors (Lipinski definition) is 1. The van der Waals surface area contributed by atoms with Crippen LogP contribution in [0.1, 0.15) is 25.3 Å². The third-order valence-corrected chi connectivity index (χ3v) is 4.32. The minimum atomic E-state index is -0.227. The largest absolute Gasteiger partial charge is 0.363 e. The Morgan fingerprint density at radius 3 is 2.60 bits per heavy atom. The van der Waals surface area contributed by atoms with Crippen molar-refractivity contribution in [3.63, 3.8) is 0 Å². The molecule has 1 aromatic rings. The number of hydrogen-bond acceptors (Lipinski definition) is 5. The quantitative estimate of drug-likeness (QED) is 0.816. The van der Waals surface area contributed by atoms with E-state index in [0.29, 0.717) is 0 Å². The van der Waals surface area contributed by atoms with Gasteiger partial charge in [-0.05, 0) is 32.3 Å². The maximum Gasteiger partial charge on any atom is 0.246 e. The fourth-order valence-electron chi connectivity index (χ4n) is 2.96. The first-order valence-electron chi connectivity index (χ1n) is 7.06. The lowest BCUT2D eigenvalue weighted by Gasteiger charge is -2.47. The van der Waals surface area contributed by atoms with Crippen LogP contribution in [0.5, 0.6) is 0 Å². The van der Waals surface area contributed by atoms with E-state index in [-0.39, 0.29) is 24.2 Å². The summed E-state index contributed by atoms with van der Waals surface area (Å²) in [5.41, 5.74) is 0.837. The van der Waals surface area contributed by atoms with Crippen LogP contribution < -0.4 is 10.2 Å². The van der Waals surface area contributed by atoms with Crippen LogP contribution >= 0.6 is 0 Å². The molecule has 1 aromatic heterocycles. The minimum absolute atomic E-state index is 0.0209. The van der Waals surface area contributed by atoms with Crippen LogP contribution in [-0.2, 0) is 9.53 Å². The molecule has 0 radical (unpaired) electrons. The van der Waals surface area contributed by atoms with Gasteiger partial charge in [-0.2, -0.15) is 0 Å². The molecule has 2 aliphatic heterocycles. The molecule has 6 nitrogen and oxygen atoms in total. The van der Waals surface area contributed by atoms with Crippen LogP contribution in [0.15, 0.2) is 12.4 Å². The SMILES string of the molecule is Cc1cnc(N2CCC3(CC2)OCC(=O)N[C@@H]3C)nc1. The predicted octanol–water partition coefficient (Wildman–Crippen LogP) is 0.659. The lowest BCUT2D eigenvalue weighted by Crippen LogP contribution is -2.62. The average molecular weight is 276 g/mol. The van der Waals surface area contributed by atoms with Gasteiger partial charge < -0.3 is 15.0 Å². The van der Waals surface area contributed by atoms with E-state index in [1.54, 1.807) is 0 Å². The molecule has 2 aliphatic rings. The van der Waals surface area contributed by atoms with Gasteiger partial charge in [0.25, 0.3) is 0 Å². The molecule has 20 heavy (non-hydrogen) atoms. The van der Waals surface area contributed by atoms with Crippen LogP contribution in [0, 0.1) is 6.92 Å². The number of carbonyl (C=O) groups excluding carboxylic acids is 1. The van der Waals surface area contributed by atoms with Crippen molar-refractivity contribution in [1.29, 1.82) is 0 Å². The summed E-state index contributed by atoms with van der Waals surface area (Å²) in [5, 5.41) is 2.99. The Bertz CT molecular complexity index is 494. The highest BCUT2D eigenvalue weighted by Gasteiger charge is 2.44. The number of morpholine rings is 1. The van der Waals surface area contributed by atoms with Crippen molar-refractivity contribution >= 4 is 11.9 Å². The first-order valence-corrected chi connectivity index (χ1v) is 7.06. The van der Waals surface area contributed by atoms with Gasteiger partial charge in [-0.3, -0.25) is 4.79 Å². The Balaban J connectivity index is 1.67. The zero-order chi connectivity index (χ0) is 14.2. The first-order chi connectivity index (χ1) is 9.59. The summed E-state index contributed by atoms with van der Waals surface area (Å²) in [6.45, 7) is 5.88. The zero-order valence-corrected chi connectivity index (χ0v) is 11.9. The Hall–Kier alpha value is -1.69. The number of piperidine rings is 1. The summed E-state index contributed by atoms with van der Waals surface area (Å²) in [4.78, 5) is 22.3. The van der Waals surface area contributed by atoms with E-state index in [0.717, 1.165) is 37.4 Å². The highest BCUT2D eigenvalue weighted by Crippen LogP contribution is 2.32. The minimum Gasteiger partial charge on any atom is -0.363 e. The van der Waals surface area contributed by atoms with E-state index in [1.165, 1.54) is 0 Å². The Labute approximate surface area is 118 Å². The molecule has 1 spiro atoms. The number of nitrogens with one attached hydrogen (secondary N) is 1. The summed E-state index contributed by atoms with van der Waals surface area (Å²) in [7, 11) is 0. The second-order valence-corrected chi connectivity index (χ2v) is 5.69. The van der Waals surface area contributed by atoms with Crippen molar-refractivity contribution in [3.05, 3.63) is 18.0 Å². The number of aromatic nitrogens is 2. The molecule has 0 aromatic carbocycles. The fraction of sp³-hybridized carbons (Fsp3) is 0.643. The van der Waals surface area contributed by atoms with Gasteiger partial charge in [0, 0.05) is 25.5 Å². The van der Waals surface area contributed by atoms with Gasteiger partial charge in [-0.1, -0.05) is 0 Å². The third kappa shape index (κ3) is 2.35. The molecular formula is C14H20N4O2. The van der Waals surface area contributed by atoms with Crippen molar-refractivity contribution in [2.75, 3.05) is 24.6 Å². The van der Waals surface area contributed by atoms with Crippen molar-refractivity contribution < 1.29 is 9.53 Å². The third-order valence-electron chi connectivity index (χ3n) is 4.32. The molecule has 3 heterocycles. The van der Waals surface area contributed by atoms with E-state index >= 15 is 0 Å². The van der Waals surface area contributed by atoms with E-state index in [9.17, 15) is 4.79 Å². The van der Waals surface area contributed by atoms with Gasteiger partial charge >= 0.3 is 0 Å². The molecule has 1 N–H and O–H groups in total. The molecule has 0 unspecified atom stereocenters. The second-order valence-electron chi connectivity index (χ2n) is 5.69. The molecular weight excluding hydrogens is 256 g/mol. The monoisotopic (exact) mass is 276 g/mol. The van der Waals surface area contributed by atoms with Crippen LogP contribution in [0.2, 0.25) is 0 Å². The smallest absolute Gasteiger partial charge is 0.246 e. The number of aryl methyl sites for hydroxylation is 1. The van der Waals surface area contributed by atoms with E-state index in [2.05, 4.69) is 20.2 Å². The van der Waals surface area contributed by atoms with Gasteiger partial charge in [0.05, 0.1) is 11.6 Å². The molecule has 1 amide bonds. The van der Waals surface area contributed by atoms with E-state index in [4.69, 9.17) is 4.74 Å². The fourth-order valence-corrected chi connectivity index (χ4v) is 2.96. The van der Waals surface area contributed by atoms with Gasteiger partial charge in [0.15, 0.2) is 0 Å². The zero-order valence-electron chi connectivity index (χ0n) is 11.9. The molecule has 0 saturated carbocycles. The average Bonchev–Trinajstić information content (AvgIpc) is 2.45. The number of rotatable bonds is 1. The number of amides is 1. The molecule has 6 heteroatoms. The Kier molecular flexibility index (Phi) is 3.33. The van der Waals surface area contributed by atoms with Gasteiger partial charge in [-0.15, -0.1) is 0 Å². The summed E-state index contributed by atoms with van der Waals surface area (Å²) < 4.78 is 5.85. The molecule has 108 valence electrons. The van der Waals surface area contributed by atoms with Crippen LogP contribution in [0.4, 0.5) is 5.95 Å². The lowest BCUT2D eigenvalue weighted by molar-refractivity contribution is -0.154. The normalized spacial score (nSPS) is 25.6. The second kappa shape index (κ2) is 5.01. The number of anilines is 1. The van der Waals surface area contributed by atoms with Crippen LogP contribution in [0.25, 0.3) is 0 Å². The molecule has 0 bridgehead atoms. The highest BCUT2D eigenvalue weighted by molar-refractivity contribution is 5.78. The molecule has 0 aliphatic carbocycles. The molecule has 2 saturated heterocycles. The maximum atomic E-state index is 11.4. The summed E-state index contributed by atoms with van der Waals surface area (Å²) >= 11 is 0. The van der Waals surface area contributed by atoms with E-state index in [1.807, 2.05) is 26.2 Å². The van der Waals surface area contributed by atoms with Gasteiger partial charge in [0.2, 0.25) is 11.9 Å². The summed E-state index contributed by atoms with van der Waals surface area (Å²) in [5.74, 6) is 0.755.